The molecule has 0 saturated carbocycles. The number of carbonyl (C=O) groups is 1. The van der Waals surface area contributed by atoms with Gasteiger partial charge < -0.3 is 4.74 Å². The van der Waals surface area contributed by atoms with Crippen molar-refractivity contribution in [2.24, 2.45) is 0 Å². The van der Waals surface area contributed by atoms with Crippen molar-refractivity contribution in [3.63, 3.8) is 0 Å². The van der Waals surface area contributed by atoms with Crippen LogP contribution in [0.4, 0.5) is 23.7 Å². The number of amides is 1. The molecule has 1 amide bonds. The van der Waals surface area contributed by atoms with Gasteiger partial charge in [0.15, 0.2) is 0 Å². The van der Waals surface area contributed by atoms with Gasteiger partial charge in [0.05, 0.1) is 0 Å². The largest absolute Gasteiger partial charge is 0.435 e. The Kier molecular flexibility index (Phi) is 5.51. The number of carbonyl (C=O) groups excluding carboxylic acids is 1. The summed E-state index contributed by atoms with van der Waals surface area (Å²) in [6.07, 6.45) is -7.85. The fraction of sp³-hybridized carbons (Fsp3) is 0.300. The van der Waals surface area contributed by atoms with Gasteiger partial charge in [0.2, 0.25) is 6.10 Å². The van der Waals surface area contributed by atoms with Crippen LogP contribution in [0.1, 0.15) is 0 Å². The molecule has 0 aliphatic rings. The molecule has 0 radical (unpaired) electrons. The number of nitrogens with one attached hydrogen (secondary N) is 1. The second kappa shape index (κ2) is 6.46. The molecular formula is C10H8ClF3INO2. The Morgan fingerprint density at radius 2 is 1.94 bits per heavy atom. The lowest BCUT2D eigenvalue weighted by Crippen LogP contribution is -2.36. The maximum absolute atomic E-state index is 12.3. The Balaban J connectivity index is 2.58. The van der Waals surface area contributed by atoms with Crippen LogP contribution in [-0.2, 0) is 4.74 Å². The Hall–Kier alpha value is -0.700. The molecule has 3 nitrogen and oxygen atoms in total. The summed E-state index contributed by atoms with van der Waals surface area (Å²) in [4.78, 5) is 11.2. The first-order valence-corrected chi connectivity index (χ1v) is 6.59. The molecule has 1 unspecified atom stereocenters. The van der Waals surface area contributed by atoms with Gasteiger partial charge in [-0.25, -0.2) is 4.79 Å². The normalized spacial score (nSPS) is 12.9. The van der Waals surface area contributed by atoms with E-state index >= 15 is 0 Å². The highest BCUT2D eigenvalue weighted by Crippen LogP contribution is 2.25. The predicted octanol–water partition coefficient (Wildman–Crippen LogP) is 4.25. The predicted molar refractivity (Wildman–Crippen MR) is 70.3 cm³/mol. The molecule has 1 N–H and O–H groups in total. The fourth-order valence-corrected chi connectivity index (χ4v) is 1.80. The highest BCUT2D eigenvalue weighted by molar-refractivity contribution is 14.1. The van der Waals surface area contributed by atoms with Crippen LogP contribution >= 0.6 is 34.2 Å². The maximum atomic E-state index is 12.3. The fourth-order valence-electron chi connectivity index (χ4n) is 0.996. The molecule has 18 heavy (non-hydrogen) atoms. The third-order valence-electron chi connectivity index (χ3n) is 1.85. The van der Waals surface area contributed by atoms with Crippen molar-refractivity contribution in [1.29, 1.82) is 0 Å². The van der Waals surface area contributed by atoms with E-state index in [-0.39, 0.29) is 4.43 Å². The molecule has 0 heterocycles. The molecule has 0 spiro atoms. The van der Waals surface area contributed by atoms with Crippen molar-refractivity contribution < 1.29 is 22.7 Å². The van der Waals surface area contributed by atoms with Gasteiger partial charge in [-0.15, -0.1) is 0 Å². The van der Waals surface area contributed by atoms with Gasteiger partial charge in [-0.1, -0.05) is 34.2 Å². The van der Waals surface area contributed by atoms with E-state index in [2.05, 4.69) is 10.1 Å². The van der Waals surface area contributed by atoms with E-state index in [0.29, 0.717) is 10.7 Å². The molecule has 0 aromatic heterocycles. The molecule has 0 aliphatic heterocycles. The number of anilines is 1. The van der Waals surface area contributed by atoms with Crippen molar-refractivity contribution in [3.05, 3.63) is 29.3 Å². The van der Waals surface area contributed by atoms with Crippen LogP contribution < -0.4 is 5.32 Å². The molecule has 0 saturated heterocycles. The summed E-state index contributed by atoms with van der Waals surface area (Å²) in [5.74, 6) is 0. The number of rotatable bonds is 3. The molecule has 8 heteroatoms. The quantitative estimate of drug-likeness (QED) is 0.616. The van der Waals surface area contributed by atoms with Crippen molar-refractivity contribution in [1.82, 2.24) is 0 Å². The van der Waals surface area contributed by atoms with Crippen LogP contribution in [0.2, 0.25) is 5.02 Å². The lowest BCUT2D eigenvalue weighted by Gasteiger charge is -2.18. The van der Waals surface area contributed by atoms with Gasteiger partial charge in [-0.05, 0) is 24.3 Å². The standard InChI is InChI=1S/C10H8ClF3INO2/c11-6-1-3-7(4-2-6)16-9(17)18-8(5-15)10(12,13)14/h1-4,8H,5H2,(H,16,17). The minimum atomic E-state index is -4.57. The average molecular weight is 394 g/mol. The van der Waals surface area contributed by atoms with Crippen LogP contribution in [0.3, 0.4) is 0 Å². The number of benzene rings is 1. The summed E-state index contributed by atoms with van der Waals surface area (Å²) in [6, 6.07) is 5.90. The molecule has 0 aliphatic carbocycles. The third-order valence-corrected chi connectivity index (χ3v) is 2.90. The van der Waals surface area contributed by atoms with Crippen LogP contribution in [-0.4, -0.2) is 22.8 Å². The van der Waals surface area contributed by atoms with Gasteiger partial charge in [0, 0.05) is 15.1 Å². The average Bonchev–Trinajstić information content (AvgIpc) is 2.27. The first kappa shape index (κ1) is 15.4. The topological polar surface area (TPSA) is 38.3 Å². The minimum absolute atomic E-state index is 0.304. The minimum Gasteiger partial charge on any atom is -0.435 e. The highest BCUT2D eigenvalue weighted by Gasteiger charge is 2.42. The van der Waals surface area contributed by atoms with Crippen LogP contribution in [0, 0.1) is 0 Å². The monoisotopic (exact) mass is 393 g/mol. The zero-order valence-electron chi connectivity index (χ0n) is 8.80. The van der Waals surface area contributed by atoms with Gasteiger partial charge in [-0.3, -0.25) is 5.32 Å². The van der Waals surface area contributed by atoms with Crippen LogP contribution in [0.5, 0.6) is 0 Å². The van der Waals surface area contributed by atoms with E-state index in [4.69, 9.17) is 11.6 Å². The number of alkyl halides is 4. The molecule has 0 fully saturated rings. The Bertz CT molecular complexity index is 411. The van der Waals surface area contributed by atoms with Crippen molar-refractivity contribution >= 4 is 46.0 Å². The summed E-state index contributed by atoms with van der Waals surface area (Å²) in [7, 11) is 0. The third kappa shape index (κ3) is 4.89. The lowest BCUT2D eigenvalue weighted by atomic mass is 10.3. The van der Waals surface area contributed by atoms with E-state index in [9.17, 15) is 18.0 Å². The second-order valence-electron chi connectivity index (χ2n) is 3.22. The second-order valence-corrected chi connectivity index (χ2v) is 4.54. The van der Waals surface area contributed by atoms with Gasteiger partial charge in [0.1, 0.15) is 0 Å². The zero-order valence-corrected chi connectivity index (χ0v) is 11.7. The van der Waals surface area contributed by atoms with E-state index in [1.165, 1.54) is 46.9 Å². The molecular weight excluding hydrogens is 385 g/mol. The Labute approximate surface area is 120 Å². The summed E-state index contributed by atoms with van der Waals surface area (Å²) >= 11 is 7.12. The molecule has 100 valence electrons. The molecule has 1 atom stereocenters. The number of hydrogen-bond acceptors (Lipinski definition) is 2. The Morgan fingerprint density at radius 1 is 1.39 bits per heavy atom. The van der Waals surface area contributed by atoms with Crippen LogP contribution in [0.15, 0.2) is 24.3 Å². The van der Waals surface area contributed by atoms with Crippen molar-refractivity contribution in [2.45, 2.75) is 12.3 Å². The zero-order chi connectivity index (χ0) is 13.8. The van der Waals surface area contributed by atoms with Crippen LogP contribution in [0.25, 0.3) is 0 Å². The summed E-state index contributed by atoms with van der Waals surface area (Å²) in [5.41, 5.74) is 0.304. The maximum Gasteiger partial charge on any atom is 0.426 e. The smallest absolute Gasteiger partial charge is 0.426 e. The SMILES string of the molecule is O=C(Nc1ccc(Cl)cc1)OC(CI)C(F)(F)F. The number of halogens is 5. The molecule has 1 aromatic rings. The van der Waals surface area contributed by atoms with Gasteiger partial charge in [-0.2, -0.15) is 13.2 Å². The lowest BCUT2D eigenvalue weighted by molar-refractivity contribution is -0.193. The molecule has 1 aromatic carbocycles. The van der Waals surface area contributed by atoms with Crippen molar-refractivity contribution in [3.8, 4) is 0 Å². The first-order chi connectivity index (χ1) is 8.32. The molecule has 0 bridgehead atoms. The number of ether oxygens (including phenoxy) is 1. The summed E-state index contributed by atoms with van der Waals surface area (Å²) < 4.78 is 41.0. The van der Waals surface area contributed by atoms with E-state index in [0.717, 1.165) is 0 Å². The highest BCUT2D eigenvalue weighted by atomic mass is 127. The Morgan fingerprint density at radius 3 is 2.39 bits per heavy atom. The molecule has 1 rings (SSSR count). The van der Waals surface area contributed by atoms with E-state index in [1.807, 2.05) is 0 Å². The van der Waals surface area contributed by atoms with E-state index < -0.39 is 18.4 Å². The summed E-state index contributed by atoms with van der Waals surface area (Å²) in [5, 5.41) is 2.64. The van der Waals surface area contributed by atoms with E-state index in [1.54, 1.807) is 0 Å². The van der Waals surface area contributed by atoms with Gasteiger partial charge in [0.25, 0.3) is 0 Å². The van der Waals surface area contributed by atoms with Crippen molar-refractivity contribution in [2.75, 3.05) is 9.74 Å². The first-order valence-electron chi connectivity index (χ1n) is 4.69. The summed E-state index contributed by atoms with van der Waals surface area (Å²) in [6.45, 7) is 0. The number of hydrogen-bond donors (Lipinski definition) is 1. The van der Waals surface area contributed by atoms with Gasteiger partial charge >= 0.3 is 12.3 Å².